The first-order valence-electron chi connectivity index (χ1n) is 24.9. The quantitative estimate of drug-likeness (QED) is 0.0294. The van der Waals surface area contributed by atoms with Crippen molar-refractivity contribution in [1.29, 1.82) is 0 Å². The highest BCUT2D eigenvalue weighted by atomic mass is 19.1. The maximum Gasteiger partial charge on any atom is 0.320 e. The van der Waals surface area contributed by atoms with Gasteiger partial charge in [0.1, 0.15) is 49.0 Å². The molecule has 0 fully saturated rings. The first-order valence-corrected chi connectivity index (χ1v) is 24.9. The monoisotopic (exact) mass is 1090 g/mol. The second kappa shape index (κ2) is 29.2. The number of aliphatic hydroxyl groups excluding tert-OH is 1. The smallest absolute Gasteiger partial charge is 0.320 e. The molecule has 2 aromatic carbocycles. The van der Waals surface area contributed by atoms with Gasteiger partial charge in [0.15, 0.2) is 0 Å². The summed E-state index contributed by atoms with van der Waals surface area (Å²) in [6.07, 6.45) is 3.01. The summed E-state index contributed by atoms with van der Waals surface area (Å²) < 4.78 is 31.7. The molecule has 5 atom stereocenters. The summed E-state index contributed by atoms with van der Waals surface area (Å²) in [6, 6.07) is 6.78. The lowest BCUT2D eigenvalue weighted by atomic mass is 9.82. The van der Waals surface area contributed by atoms with Crippen molar-refractivity contribution in [3.05, 3.63) is 95.8 Å². The molecule has 1 aromatic heterocycles. The lowest BCUT2D eigenvalue weighted by Crippen LogP contribution is -2.58. The molecular formula is C52H67F2N11O13. The molecule has 0 radical (unpaired) electrons. The Morgan fingerprint density at radius 2 is 1.44 bits per heavy atom. The van der Waals surface area contributed by atoms with Gasteiger partial charge in [-0.2, -0.15) is 0 Å². The van der Waals surface area contributed by atoms with Crippen molar-refractivity contribution in [2.45, 2.75) is 103 Å². The van der Waals surface area contributed by atoms with Crippen LogP contribution in [0.1, 0.15) is 83.5 Å². The fraction of sp³-hybridized carbons (Fsp3) is 0.442. The van der Waals surface area contributed by atoms with Gasteiger partial charge in [-0.25, -0.2) is 8.78 Å². The summed E-state index contributed by atoms with van der Waals surface area (Å²) in [7, 11) is 0. The van der Waals surface area contributed by atoms with E-state index in [1.54, 1.807) is 49.7 Å². The van der Waals surface area contributed by atoms with Gasteiger partial charge in [0.25, 0.3) is 11.8 Å². The van der Waals surface area contributed by atoms with Crippen molar-refractivity contribution in [3.63, 3.8) is 0 Å². The molecule has 1 aliphatic rings. The van der Waals surface area contributed by atoms with Gasteiger partial charge < -0.3 is 63.0 Å². The highest BCUT2D eigenvalue weighted by Crippen LogP contribution is 2.41. The number of nitrogens with one attached hydrogen (secondary N) is 6. The average Bonchev–Trinajstić information content (AvgIpc) is 3.99. The molecule has 26 heteroatoms. The second-order valence-electron chi connectivity index (χ2n) is 19.5. The molecule has 3 aromatic rings. The molecule has 0 unspecified atom stereocenters. The van der Waals surface area contributed by atoms with Crippen LogP contribution in [-0.2, 0) is 59.3 Å². The van der Waals surface area contributed by atoms with E-state index in [1.807, 2.05) is 18.2 Å². The van der Waals surface area contributed by atoms with E-state index in [9.17, 15) is 62.2 Å². The third-order valence-electron chi connectivity index (χ3n) is 12.2. The molecule has 0 bridgehead atoms. The highest BCUT2D eigenvalue weighted by molar-refractivity contribution is 6.14. The van der Waals surface area contributed by atoms with E-state index in [4.69, 9.17) is 16.6 Å². The second-order valence-corrected chi connectivity index (χ2v) is 19.5. The lowest BCUT2D eigenvalue weighted by Gasteiger charge is -2.41. The molecule has 24 nitrogen and oxygen atoms in total. The van der Waals surface area contributed by atoms with Gasteiger partial charge in [0.05, 0.1) is 19.0 Å². The van der Waals surface area contributed by atoms with E-state index in [-0.39, 0.29) is 50.1 Å². The summed E-state index contributed by atoms with van der Waals surface area (Å²) in [6.45, 7) is 3.82. The van der Waals surface area contributed by atoms with Gasteiger partial charge in [-0.1, -0.05) is 51.1 Å². The maximum atomic E-state index is 15.4. The Morgan fingerprint density at radius 3 is 2.06 bits per heavy atom. The van der Waals surface area contributed by atoms with E-state index in [1.165, 1.54) is 11.8 Å². The topological polar surface area (TPSA) is 364 Å². The number of rotatable bonds is 30. The van der Waals surface area contributed by atoms with Gasteiger partial charge in [0.2, 0.25) is 47.3 Å². The lowest BCUT2D eigenvalue weighted by molar-refractivity contribution is -0.141. The Balaban J connectivity index is 1.61. The van der Waals surface area contributed by atoms with Gasteiger partial charge in [0, 0.05) is 67.8 Å². The molecule has 0 spiro atoms. The molecule has 0 saturated heterocycles. The minimum absolute atomic E-state index is 0.0760. The van der Waals surface area contributed by atoms with Crippen LogP contribution in [0.5, 0.6) is 0 Å². The van der Waals surface area contributed by atoms with Crippen LogP contribution in [0.4, 0.5) is 8.78 Å². The number of aromatic nitrogens is 1. The maximum absolute atomic E-state index is 15.4. The Labute approximate surface area is 448 Å². The molecular weight excluding hydrogens is 1020 g/mol. The van der Waals surface area contributed by atoms with Gasteiger partial charge in [-0.15, -0.1) is 0 Å². The number of amides is 10. The predicted molar refractivity (Wildman–Crippen MR) is 275 cm³/mol. The molecule has 2 heterocycles. The van der Waals surface area contributed by atoms with E-state index >= 15 is 4.39 Å². The third kappa shape index (κ3) is 19.0. The Bertz CT molecular complexity index is 2710. The van der Waals surface area contributed by atoms with Crippen LogP contribution < -0.4 is 43.4 Å². The average molecular weight is 1090 g/mol. The molecule has 1 aliphatic heterocycles. The minimum atomic E-state index is -1.79. The molecule has 422 valence electrons. The van der Waals surface area contributed by atoms with Crippen LogP contribution in [0.2, 0.25) is 0 Å². The number of benzene rings is 2. The van der Waals surface area contributed by atoms with Crippen molar-refractivity contribution in [1.82, 2.24) is 46.3 Å². The summed E-state index contributed by atoms with van der Waals surface area (Å²) in [4.78, 5) is 142. The number of carboxylic acids is 1. The van der Waals surface area contributed by atoms with E-state index < -0.39 is 145 Å². The van der Waals surface area contributed by atoms with Crippen LogP contribution in [-0.4, -0.2) is 153 Å². The van der Waals surface area contributed by atoms with E-state index in [2.05, 4.69) is 31.9 Å². The Kier molecular flexibility index (Phi) is 23.3. The van der Waals surface area contributed by atoms with Crippen molar-refractivity contribution in [2.75, 3.05) is 39.3 Å². The van der Waals surface area contributed by atoms with E-state index in [0.29, 0.717) is 23.4 Å². The fourth-order valence-corrected chi connectivity index (χ4v) is 8.29. The summed E-state index contributed by atoms with van der Waals surface area (Å²) >= 11 is 0. The number of hydrogen-bond acceptors (Lipinski definition) is 13. The number of halogens is 2. The number of unbranched alkanes of at least 4 members (excludes halogenated alkanes) is 1. The summed E-state index contributed by atoms with van der Waals surface area (Å²) in [5.74, 6) is -11.3. The van der Waals surface area contributed by atoms with E-state index in [0.717, 1.165) is 35.9 Å². The number of nitrogens with zero attached hydrogens (tertiary/aromatic N) is 3. The molecule has 0 saturated carbocycles. The summed E-state index contributed by atoms with van der Waals surface area (Å²) in [5, 5.41) is 33.9. The standard InChI is InChI=1S/C52H67F2N11O13/c1-30(60-42(69)25-59-43(70)28-65-44(71)15-16-45(65)72)48(74)62-38(24-40(56)67)50(76)61-37(49(75)58-20-17-41(68)57-19-9-8-12-36(55)51(77)78)18-21-64(46(73)29-66)47(52(2,3)4)39-22-32(34-23-33(53)13-14-35(34)54)27-63(39)26-31-10-6-5-7-11-31/h5-7,10-11,13-16,22-23,27,30,36-38,47,66H,8-9,12,17-21,24-26,28-29,55H2,1-4H3,(H2,56,67)(H,57,68)(H,58,75)(H,59,70)(H,60,69)(H,61,76)(H,62,74)(H,77,78)/t30-,36-,37-,38-,47-/m0/s1. The van der Waals surface area contributed by atoms with Crippen LogP contribution in [0.15, 0.2) is 72.9 Å². The molecule has 0 aliphatic carbocycles. The number of nitrogens with two attached hydrogens (primary N) is 2. The predicted octanol–water partition coefficient (Wildman–Crippen LogP) is -0.625. The van der Waals surface area contributed by atoms with Gasteiger partial charge >= 0.3 is 5.97 Å². The number of aliphatic carboxylic acids is 1. The molecule has 4 rings (SSSR count). The van der Waals surface area contributed by atoms with Crippen molar-refractivity contribution < 1.29 is 71.7 Å². The SMILES string of the molecule is C[C@H](NC(=O)CNC(=O)CN1C(=O)C=CC1=O)C(=O)N[C@@H](CC(N)=O)C(=O)N[C@@H](CCN(C(=O)CO)[C@@H](c1cc(-c2cc(F)ccc2F)cn1Cc1ccccc1)C(C)(C)C)C(=O)NCCC(=O)NCCCC[C@H](N)C(=O)O. The van der Waals surface area contributed by atoms with Crippen molar-refractivity contribution in [2.24, 2.45) is 16.9 Å². The largest absolute Gasteiger partial charge is 0.480 e. The van der Waals surface area contributed by atoms with Crippen LogP contribution in [0.3, 0.4) is 0 Å². The fourth-order valence-electron chi connectivity index (χ4n) is 8.29. The third-order valence-corrected chi connectivity index (χ3v) is 12.2. The first-order chi connectivity index (χ1) is 36.8. The van der Waals surface area contributed by atoms with Crippen molar-refractivity contribution >= 4 is 65.0 Å². The van der Waals surface area contributed by atoms with Gasteiger partial charge in [-0.05, 0) is 67.9 Å². The molecule has 12 N–H and O–H groups in total. The normalized spacial score (nSPS) is 14.1. The van der Waals surface area contributed by atoms with Crippen LogP contribution in [0, 0.1) is 17.0 Å². The first kappa shape index (κ1) is 62.2. The highest BCUT2D eigenvalue weighted by Gasteiger charge is 2.39. The zero-order valence-electron chi connectivity index (χ0n) is 43.6. The number of aliphatic hydroxyl groups is 1. The van der Waals surface area contributed by atoms with Crippen molar-refractivity contribution in [3.8, 4) is 11.1 Å². The number of hydrogen-bond donors (Lipinski definition) is 10. The number of carbonyl (C=O) groups is 11. The Hall–Kier alpha value is -8.39. The molecule has 10 amide bonds. The number of carbonyl (C=O) groups excluding carboxylic acids is 10. The Morgan fingerprint density at radius 1 is 0.769 bits per heavy atom. The number of primary amides is 1. The zero-order chi connectivity index (χ0) is 57.9. The zero-order valence-corrected chi connectivity index (χ0v) is 43.6. The van der Waals surface area contributed by atoms with Crippen LogP contribution in [0.25, 0.3) is 11.1 Å². The number of carboxylic acid groups (broad SMARTS) is 1. The summed E-state index contributed by atoms with van der Waals surface area (Å²) in [5.41, 5.74) is 11.5. The molecule has 78 heavy (non-hydrogen) atoms. The minimum Gasteiger partial charge on any atom is -0.480 e. The van der Waals surface area contributed by atoms with Gasteiger partial charge in [-0.3, -0.25) is 57.6 Å². The van der Waals surface area contributed by atoms with Crippen LogP contribution >= 0.6 is 0 Å². The number of imide groups is 1.